The number of amides is 1. The smallest absolute Gasteiger partial charge is 0.262 e. The number of likely N-dealkylation sites (N-methyl/N-ethyl adjacent to an activating group) is 1. The van der Waals surface area contributed by atoms with E-state index >= 15 is 0 Å². The normalized spacial score (nSPS) is 19.6. The monoisotopic (exact) mass is 375 g/mol. The van der Waals surface area contributed by atoms with Crippen molar-refractivity contribution in [2.45, 2.75) is 12.0 Å². The highest BCUT2D eigenvalue weighted by Gasteiger charge is 2.48. The molecule has 1 saturated heterocycles. The molecular weight excluding hydrogens is 358 g/mol. The average Bonchev–Trinajstić information content (AvgIpc) is 3.45. The summed E-state index contributed by atoms with van der Waals surface area (Å²) in [4.78, 5) is 18.2. The molecule has 4 aromatic rings. The minimum Gasteiger partial charge on any atom is -0.373 e. The van der Waals surface area contributed by atoms with E-state index in [-0.39, 0.29) is 18.1 Å². The van der Waals surface area contributed by atoms with Crippen LogP contribution in [-0.2, 0) is 10.4 Å². The Morgan fingerprint density at radius 3 is 2.86 bits per heavy atom. The van der Waals surface area contributed by atoms with Gasteiger partial charge in [0.15, 0.2) is 5.76 Å². The number of likely N-dealkylation sites (tertiary alicyclic amines) is 1. The molecule has 1 aromatic carbocycles. The number of hydrogen-bond acceptors (Lipinski definition) is 6. The molecule has 1 N–H and O–H groups in total. The fourth-order valence-corrected chi connectivity index (χ4v) is 3.60. The SMILES string of the molecule is CN1CCC(O)(c2cc(-c3cccc(-c4ncnn5cccc45)c3)no2)C1=O. The van der Waals surface area contributed by atoms with Crippen molar-refractivity contribution in [3.8, 4) is 22.5 Å². The van der Waals surface area contributed by atoms with Gasteiger partial charge in [-0.3, -0.25) is 4.79 Å². The minimum absolute atomic E-state index is 0.165. The summed E-state index contributed by atoms with van der Waals surface area (Å²) in [5.74, 6) is -0.209. The number of aromatic nitrogens is 4. The molecule has 1 amide bonds. The van der Waals surface area contributed by atoms with Crippen LogP contribution in [0, 0.1) is 0 Å². The maximum absolute atomic E-state index is 12.3. The lowest BCUT2D eigenvalue weighted by molar-refractivity contribution is -0.144. The molecule has 3 aromatic heterocycles. The summed E-state index contributed by atoms with van der Waals surface area (Å²) >= 11 is 0. The third kappa shape index (κ3) is 2.42. The Balaban J connectivity index is 1.54. The molecule has 1 atom stereocenters. The number of benzene rings is 1. The topological polar surface area (TPSA) is 96.8 Å². The maximum atomic E-state index is 12.3. The lowest BCUT2D eigenvalue weighted by Gasteiger charge is -2.16. The number of aliphatic hydroxyl groups is 1. The summed E-state index contributed by atoms with van der Waals surface area (Å²) in [6, 6.07) is 13.2. The molecule has 1 unspecified atom stereocenters. The van der Waals surface area contributed by atoms with Crippen molar-refractivity contribution < 1.29 is 14.4 Å². The first kappa shape index (κ1) is 16.6. The fourth-order valence-electron chi connectivity index (χ4n) is 3.60. The van der Waals surface area contributed by atoms with Crippen molar-refractivity contribution in [3.63, 3.8) is 0 Å². The molecule has 8 nitrogen and oxygen atoms in total. The quantitative estimate of drug-likeness (QED) is 0.589. The van der Waals surface area contributed by atoms with Crippen molar-refractivity contribution >= 4 is 11.4 Å². The molecule has 28 heavy (non-hydrogen) atoms. The van der Waals surface area contributed by atoms with Crippen molar-refractivity contribution in [2.24, 2.45) is 0 Å². The van der Waals surface area contributed by atoms with Crippen molar-refractivity contribution in [1.82, 2.24) is 24.7 Å². The van der Waals surface area contributed by atoms with E-state index in [0.717, 1.165) is 22.3 Å². The van der Waals surface area contributed by atoms with Crippen LogP contribution in [0.2, 0.25) is 0 Å². The van der Waals surface area contributed by atoms with Gasteiger partial charge in [0.25, 0.3) is 5.91 Å². The lowest BCUT2D eigenvalue weighted by atomic mass is 9.97. The second kappa shape index (κ2) is 6.00. The molecule has 4 heterocycles. The van der Waals surface area contributed by atoms with E-state index < -0.39 is 5.60 Å². The third-order valence-corrected chi connectivity index (χ3v) is 5.19. The van der Waals surface area contributed by atoms with Gasteiger partial charge in [-0.15, -0.1) is 0 Å². The summed E-state index contributed by atoms with van der Waals surface area (Å²) in [6.07, 6.45) is 3.66. The van der Waals surface area contributed by atoms with Crippen molar-refractivity contribution in [2.75, 3.05) is 13.6 Å². The number of fused-ring (bicyclic) bond motifs is 1. The largest absolute Gasteiger partial charge is 0.373 e. The molecule has 1 aliphatic heterocycles. The Labute approximate surface area is 160 Å². The van der Waals surface area contributed by atoms with Crippen LogP contribution in [0.1, 0.15) is 12.2 Å². The number of nitrogens with zero attached hydrogens (tertiary/aromatic N) is 5. The van der Waals surface area contributed by atoms with Gasteiger partial charge < -0.3 is 14.5 Å². The standard InChI is InChI=1S/C20H17N5O3/c1-24-9-7-20(27,19(24)26)17-11-15(23-28-17)13-4-2-5-14(10-13)18-16-6-3-8-25(16)22-12-21-18/h2-6,8,10-12,27H,7,9H2,1H3. The maximum Gasteiger partial charge on any atom is 0.262 e. The minimum atomic E-state index is -1.65. The number of carbonyl (C=O) groups excluding carboxylic acids is 1. The van der Waals surface area contributed by atoms with Gasteiger partial charge in [-0.05, 0) is 18.2 Å². The van der Waals surface area contributed by atoms with Crippen molar-refractivity contribution in [1.29, 1.82) is 0 Å². The van der Waals surface area contributed by atoms with Gasteiger partial charge in [-0.1, -0.05) is 23.4 Å². The van der Waals surface area contributed by atoms with E-state index in [2.05, 4.69) is 15.2 Å². The zero-order chi connectivity index (χ0) is 19.3. The summed E-state index contributed by atoms with van der Waals surface area (Å²) < 4.78 is 7.12. The molecule has 0 aliphatic carbocycles. The summed E-state index contributed by atoms with van der Waals surface area (Å²) in [5, 5.41) is 19.0. The van der Waals surface area contributed by atoms with E-state index in [1.165, 1.54) is 11.2 Å². The first-order valence-electron chi connectivity index (χ1n) is 8.90. The van der Waals surface area contributed by atoms with Gasteiger partial charge in [0, 0.05) is 43.4 Å². The second-order valence-electron chi connectivity index (χ2n) is 6.94. The summed E-state index contributed by atoms with van der Waals surface area (Å²) in [5.41, 5.74) is 2.31. The van der Waals surface area contributed by atoms with E-state index in [9.17, 15) is 9.90 Å². The molecular formula is C20H17N5O3. The Bertz CT molecular complexity index is 1200. The van der Waals surface area contributed by atoms with Crippen LogP contribution in [0.15, 0.2) is 59.5 Å². The van der Waals surface area contributed by atoms with Gasteiger partial charge in [-0.25, -0.2) is 9.50 Å². The van der Waals surface area contributed by atoms with E-state index in [1.807, 2.05) is 42.6 Å². The van der Waals surface area contributed by atoms with Crippen LogP contribution in [0.25, 0.3) is 28.0 Å². The van der Waals surface area contributed by atoms with Gasteiger partial charge in [0.05, 0.1) is 11.2 Å². The van der Waals surface area contributed by atoms with Crippen LogP contribution in [-0.4, -0.2) is 49.3 Å². The highest BCUT2D eigenvalue weighted by atomic mass is 16.5. The summed E-state index contributed by atoms with van der Waals surface area (Å²) in [7, 11) is 1.66. The molecule has 0 bridgehead atoms. The number of carbonyl (C=O) groups is 1. The fraction of sp³-hybridized carbons (Fsp3) is 0.200. The number of rotatable bonds is 3. The second-order valence-corrected chi connectivity index (χ2v) is 6.94. The Morgan fingerprint density at radius 1 is 1.18 bits per heavy atom. The van der Waals surface area contributed by atoms with Crippen LogP contribution in [0.3, 0.4) is 0 Å². The van der Waals surface area contributed by atoms with Crippen LogP contribution >= 0.6 is 0 Å². The molecule has 0 radical (unpaired) electrons. The van der Waals surface area contributed by atoms with E-state index in [4.69, 9.17) is 4.52 Å². The van der Waals surface area contributed by atoms with Crippen LogP contribution in [0.4, 0.5) is 0 Å². The van der Waals surface area contributed by atoms with Gasteiger partial charge >= 0.3 is 0 Å². The first-order chi connectivity index (χ1) is 13.6. The third-order valence-electron chi connectivity index (χ3n) is 5.19. The van der Waals surface area contributed by atoms with Crippen LogP contribution < -0.4 is 0 Å². The van der Waals surface area contributed by atoms with Gasteiger partial charge in [-0.2, -0.15) is 5.10 Å². The zero-order valence-corrected chi connectivity index (χ0v) is 15.1. The number of hydrogen-bond donors (Lipinski definition) is 1. The molecule has 1 aliphatic rings. The molecule has 140 valence electrons. The highest BCUT2D eigenvalue weighted by Crippen LogP contribution is 2.35. The Hall–Kier alpha value is -3.52. The molecule has 8 heteroatoms. The summed E-state index contributed by atoms with van der Waals surface area (Å²) in [6.45, 7) is 0.474. The predicted molar refractivity (Wildman–Crippen MR) is 100 cm³/mol. The lowest BCUT2D eigenvalue weighted by Crippen LogP contribution is -2.35. The van der Waals surface area contributed by atoms with E-state index in [0.29, 0.717) is 12.2 Å². The average molecular weight is 375 g/mol. The predicted octanol–water partition coefficient (Wildman–Crippen LogP) is 2.10. The first-order valence-corrected chi connectivity index (χ1v) is 8.90. The molecule has 0 spiro atoms. The van der Waals surface area contributed by atoms with E-state index in [1.54, 1.807) is 17.6 Å². The molecule has 5 rings (SSSR count). The van der Waals surface area contributed by atoms with Gasteiger partial charge in [0.2, 0.25) is 5.60 Å². The van der Waals surface area contributed by atoms with Crippen LogP contribution in [0.5, 0.6) is 0 Å². The highest BCUT2D eigenvalue weighted by molar-refractivity contribution is 5.88. The van der Waals surface area contributed by atoms with Gasteiger partial charge in [0.1, 0.15) is 12.0 Å². The zero-order valence-electron chi connectivity index (χ0n) is 15.1. The Kier molecular flexibility index (Phi) is 3.56. The molecule has 1 fully saturated rings. The molecule has 0 saturated carbocycles. The van der Waals surface area contributed by atoms with Crippen molar-refractivity contribution in [3.05, 3.63) is 60.7 Å². The Morgan fingerprint density at radius 2 is 2.04 bits per heavy atom.